The molecule has 0 aromatic heterocycles. The Labute approximate surface area is 139 Å². The van der Waals surface area contributed by atoms with Crippen molar-refractivity contribution in [3.63, 3.8) is 0 Å². The summed E-state index contributed by atoms with van der Waals surface area (Å²) in [6.07, 6.45) is 0. The van der Waals surface area contributed by atoms with Crippen molar-refractivity contribution in [3.8, 4) is 11.5 Å². The predicted molar refractivity (Wildman–Crippen MR) is 90.9 cm³/mol. The predicted octanol–water partition coefficient (Wildman–Crippen LogP) is 5.41. The maximum Gasteiger partial charge on any atom is 0.161 e. The smallest absolute Gasteiger partial charge is 0.161 e. The number of ether oxygens (including phenoxy) is 2. The average Bonchev–Trinajstić information content (AvgIpc) is 2.48. The van der Waals surface area contributed by atoms with Crippen molar-refractivity contribution in [1.82, 2.24) is 0 Å². The van der Waals surface area contributed by atoms with Crippen molar-refractivity contribution >= 4 is 27.5 Å². The Kier molecular flexibility index (Phi) is 5.17. The Morgan fingerprint density at radius 3 is 2.19 bits per heavy atom. The maximum atomic E-state index is 6.71. The molecule has 21 heavy (non-hydrogen) atoms. The lowest BCUT2D eigenvalue weighted by Crippen LogP contribution is -2.00. The first kappa shape index (κ1) is 16.2. The minimum absolute atomic E-state index is 0.251. The van der Waals surface area contributed by atoms with Gasteiger partial charge in [-0.05, 0) is 42.7 Å². The quantitative estimate of drug-likeness (QED) is 0.671. The number of alkyl halides is 1. The Morgan fingerprint density at radius 1 is 0.952 bits per heavy atom. The van der Waals surface area contributed by atoms with Crippen molar-refractivity contribution < 1.29 is 9.47 Å². The van der Waals surface area contributed by atoms with Crippen LogP contribution in [-0.4, -0.2) is 14.2 Å². The van der Waals surface area contributed by atoms with Gasteiger partial charge in [-0.25, -0.2) is 0 Å². The van der Waals surface area contributed by atoms with E-state index in [0.717, 1.165) is 15.6 Å². The molecule has 0 spiro atoms. The maximum absolute atomic E-state index is 6.71. The highest BCUT2D eigenvalue weighted by atomic mass is 79.9. The summed E-state index contributed by atoms with van der Waals surface area (Å²) in [5, 5.41) is -0.251. The zero-order valence-corrected chi connectivity index (χ0v) is 14.9. The van der Waals surface area contributed by atoms with Crippen LogP contribution >= 0.6 is 27.5 Å². The number of halogens is 2. The van der Waals surface area contributed by atoms with Crippen LogP contribution in [0.25, 0.3) is 0 Å². The zero-order valence-electron chi connectivity index (χ0n) is 12.5. The summed E-state index contributed by atoms with van der Waals surface area (Å²) in [6, 6.07) is 10.1. The molecule has 1 unspecified atom stereocenters. The third-order valence-electron chi connectivity index (χ3n) is 3.48. The molecule has 0 amide bonds. The molecule has 0 aliphatic heterocycles. The van der Waals surface area contributed by atoms with Crippen LogP contribution in [0.5, 0.6) is 11.5 Å². The van der Waals surface area contributed by atoms with Gasteiger partial charge in [0.1, 0.15) is 0 Å². The second-order valence-electron chi connectivity index (χ2n) is 4.95. The highest BCUT2D eigenvalue weighted by Gasteiger charge is 2.19. The van der Waals surface area contributed by atoms with Gasteiger partial charge in [0.2, 0.25) is 0 Å². The van der Waals surface area contributed by atoms with E-state index in [0.29, 0.717) is 11.5 Å². The number of methoxy groups -OCH3 is 2. The fourth-order valence-corrected chi connectivity index (χ4v) is 3.36. The molecule has 0 heterocycles. The minimum Gasteiger partial charge on any atom is -0.493 e. The van der Waals surface area contributed by atoms with E-state index in [9.17, 15) is 0 Å². The molecule has 2 aromatic rings. The lowest BCUT2D eigenvalue weighted by molar-refractivity contribution is 0.354. The van der Waals surface area contributed by atoms with Crippen LogP contribution in [0.3, 0.4) is 0 Å². The lowest BCUT2D eigenvalue weighted by Gasteiger charge is -2.18. The number of hydrogen-bond donors (Lipinski definition) is 0. The normalized spacial score (nSPS) is 12.1. The van der Waals surface area contributed by atoms with Crippen LogP contribution in [0.1, 0.15) is 27.6 Å². The van der Waals surface area contributed by atoms with Crippen LogP contribution in [0.15, 0.2) is 34.8 Å². The third kappa shape index (κ3) is 3.35. The second-order valence-corrected chi connectivity index (χ2v) is 6.24. The van der Waals surface area contributed by atoms with Crippen LogP contribution in [0, 0.1) is 13.8 Å². The molecule has 0 saturated heterocycles. The molecule has 0 saturated carbocycles. The lowest BCUT2D eigenvalue weighted by atomic mass is 9.98. The van der Waals surface area contributed by atoms with Crippen molar-refractivity contribution in [2.45, 2.75) is 19.2 Å². The number of hydrogen-bond acceptors (Lipinski definition) is 2. The molecule has 0 aliphatic rings. The molecule has 2 rings (SSSR count). The summed E-state index contributed by atoms with van der Waals surface area (Å²) >= 11 is 10.3. The fourth-order valence-electron chi connectivity index (χ4n) is 2.26. The van der Waals surface area contributed by atoms with Crippen LogP contribution in [0.2, 0.25) is 0 Å². The van der Waals surface area contributed by atoms with E-state index in [1.807, 2.05) is 12.1 Å². The van der Waals surface area contributed by atoms with E-state index in [-0.39, 0.29) is 5.38 Å². The molecule has 2 nitrogen and oxygen atoms in total. The first-order chi connectivity index (χ1) is 9.97. The summed E-state index contributed by atoms with van der Waals surface area (Å²) < 4.78 is 11.6. The highest BCUT2D eigenvalue weighted by Crippen LogP contribution is 2.41. The highest BCUT2D eigenvalue weighted by molar-refractivity contribution is 9.10. The minimum atomic E-state index is -0.251. The van der Waals surface area contributed by atoms with Crippen LogP contribution in [-0.2, 0) is 0 Å². The van der Waals surface area contributed by atoms with Crippen molar-refractivity contribution in [2.24, 2.45) is 0 Å². The molecule has 4 heteroatoms. The van der Waals surface area contributed by atoms with E-state index in [1.165, 1.54) is 11.1 Å². The van der Waals surface area contributed by atoms with Crippen LogP contribution in [0.4, 0.5) is 0 Å². The van der Waals surface area contributed by atoms with Gasteiger partial charge >= 0.3 is 0 Å². The van der Waals surface area contributed by atoms with E-state index in [4.69, 9.17) is 21.1 Å². The molecule has 112 valence electrons. The van der Waals surface area contributed by atoms with Gasteiger partial charge < -0.3 is 9.47 Å². The van der Waals surface area contributed by atoms with Gasteiger partial charge in [-0.15, -0.1) is 11.6 Å². The van der Waals surface area contributed by atoms with Crippen LogP contribution < -0.4 is 9.47 Å². The molecule has 0 bridgehead atoms. The summed E-state index contributed by atoms with van der Waals surface area (Å²) in [7, 11) is 3.24. The summed E-state index contributed by atoms with van der Waals surface area (Å²) in [5.74, 6) is 1.35. The molecule has 0 fully saturated rings. The molecular weight excluding hydrogens is 352 g/mol. The Hall–Kier alpha value is -1.19. The molecule has 0 radical (unpaired) electrons. The molecule has 0 N–H and O–H groups in total. The van der Waals surface area contributed by atoms with E-state index in [1.54, 1.807) is 14.2 Å². The topological polar surface area (TPSA) is 18.5 Å². The largest absolute Gasteiger partial charge is 0.493 e. The SMILES string of the molecule is COc1cc(Br)c(C(Cl)c2cc(C)ccc2C)cc1OC. The first-order valence-electron chi connectivity index (χ1n) is 6.60. The molecule has 1 atom stereocenters. The van der Waals surface area contributed by atoms with Gasteiger partial charge in [0.05, 0.1) is 19.6 Å². The van der Waals surface area contributed by atoms with Gasteiger partial charge in [0, 0.05) is 4.47 Å². The number of benzene rings is 2. The van der Waals surface area contributed by atoms with Gasteiger partial charge in [-0.2, -0.15) is 0 Å². The summed E-state index contributed by atoms with van der Waals surface area (Å²) in [6.45, 7) is 4.13. The van der Waals surface area contributed by atoms with E-state index >= 15 is 0 Å². The average molecular weight is 370 g/mol. The van der Waals surface area contributed by atoms with Gasteiger partial charge in [-0.1, -0.05) is 39.7 Å². The monoisotopic (exact) mass is 368 g/mol. The van der Waals surface area contributed by atoms with E-state index in [2.05, 4.69) is 48.0 Å². The molecular formula is C17H18BrClO2. The van der Waals surface area contributed by atoms with Crippen molar-refractivity contribution in [2.75, 3.05) is 14.2 Å². The standard InChI is InChI=1S/C17H18BrClO2/c1-10-5-6-11(2)12(7-10)17(19)13-8-15(20-3)16(21-4)9-14(13)18/h5-9,17H,1-4H3. The van der Waals surface area contributed by atoms with E-state index < -0.39 is 0 Å². The van der Waals surface area contributed by atoms with Gasteiger partial charge in [-0.3, -0.25) is 0 Å². The summed E-state index contributed by atoms with van der Waals surface area (Å²) in [4.78, 5) is 0. The Morgan fingerprint density at radius 2 is 1.57 bits per heavy atom. The fraction of sp³-hybridized carbons (Fsp3) is 0.294. The third-order valence-corrected chi connectivity index (χ3v) is 4.64. The number of rotatable bonds is 4. The summed E-state index contributed by atoms with van der Waals surface area (Å²) in [5.41, 5.74) is 4.42. The Balaban J connectivity index is 2.52. The zero-order chi connectivity index (χ0) is 15.6. The molecule has 2 aromatic carbocycles. The van der Waals surface area contributed by atoms with Crippen molar-refractivity contribution in [1.29, 1.82) is 0 Å². The van der Waals surface area contributed by atoms with Crippen molar-refractivity contribution in [3.05, 3.63) is 57.1 Å². The first-order valence-corrected chi connectivity index (χ1v) is 7.83. The van der Waals surface area contributed by atoms with Gasteiger partial charge in [0.25, 0.3) is 0 Å². The number of aryl methyl sites for hydroxylation is 2. The van der Waals surface area contributed by atoms with Gasteiger partial charge in [0.15, 0.2) is 11.5 Å². The Bertz CT molecular complexity index is 655. The second kappa shape index (κ2) is 6.71. The molecule has 0 aliphatic carbocycles.